The lowest BCUT2D eigenvalue weighted by molar-refractivity contribution is -0.435. The molecule has 160 valence electrons. The molecule has 0 bridgehead atoms. The van der Waals surface area contributed by atoms with Gasteiger partial charge >= 0.3 is 53.5 Å². The molecule has 0 aromatic heterocycles. The predicted molar refractivity (Wildman–Crippen MR) is 48.4 cm³/mol. The maximum atomic E-state index is 13.0. The van der Waals surface area contributed by atoms with Crippen LogP contribution in [0.25, 0.3) is 0 Å². The van der Waals surface area contributed by atoms with Crippen molar-refractivity contribution in [2.75, 3.05) is 0 Å². The minimum atomic E-state index is -8.56. The summed E-state index contributed by atoms with van der Waals surface area (Å²) in [5, 5.41) is 7.61. The van der Waals surface area contributed by atoms with Gasteiger partial charge in [0.2, 0.25) is 0 Å². The van der Waals surface area contributed by atoms with E-state index in [0.717, 1.165) is 0 Å². The minimum absolute atomic E-state index is 4.32. The Bertz CT molecular complexity index is 570. The van der Waals surface area contributed by atoms with Crippen molar-refractivity contribution >= 4 is 12.0 Å². The lowest BCUT2D eigenvalue weighted by Crippen LogP contribution is -2.74. The Morgan fingerprint density at radius 3 is 0.926 bits per heavy atom. The summed E-state index contributed by atoms with van der Waals surface area (Å²) in [4.78, 5) is 19.4. The van der Waals surface area contributed by atoms with Gasteiger partial charge in [-0.25, -0.2) is 4.79 Å². The number of rotatable bonds is 8. The molecule has 0 saturated heterocycles. The number of halogens is 15. The molecule has 0 amide bonds. The summed E-state index contributed by atoms with van der Waals surface area (Å²) in [5.41, 5.74) is 0. The molecule has 18 heteroatoms. The zero-order valence-corrected chi connectivity index (χ0v) is 11.4. The van der Waals surface area contributed by atoms with E-state index in [-0.39, 0.29) is 0 Å². The maximum absolute atomic E-state index is 13.0. The van der Waals surface area contributed by atoms with Crippen molar-refractivity contribution in [3.63, 3.8) is 0 Å². The summed E-state index contributed by atoms with van der Waals surface area (Å²) in [7, 11) is 0. The number of aliphatic carboxylic acids is 1. The van der Waals surface area contributed by atoms with Crippen LogP contribution >= 0.6 is 0 Å². The fourth-order valence-electron chi connectivity index (χ4n) is 1.24. The number of carboxylic acids is 1. The van der Waals surface area contributed by atoms with Crippen LogP contribution in [0.1, 0.15) is 0 Å². The van der Waals surface area contributed by atoms with Crippen LogP contribution in [-0.2, 0) is 9.59 Å². The summed E-state index contributed by atoms with van der Waals surface area (Å²) in [5.74, 6) is -60.8. The van der Waals surface area contributed by atoms with Crippen molar-refractivity contribution in [2.24, 2.45) is 0 Å². The van der Waals surface area contributed by atoms with E-state index in [9.17, 15) is 75.4 Å². The number of alkyl halides is 14. The number of carbonyl (C=O) groups excluding carboxylic acids is 1. The molecule has 0 aliphatic carbocycles. The highest BCUT2D eigenvalue weighted by Gasteiger charge is 2.94. The Kier molecular flexibility index (Phi) is 5.62. The van der Waals surface area contributed by atoms with Crippen LogP contribution < -0.4 is 0 Å². The zero-order chi connectivity index (χ0) is 22.7. The number of carbonyl (C=O) groups is 2. The molecule has 0 aromatic carbocycles. The third-order valence-electron chi connectivity index (χ3n) is 2.88. The molecule has 0 atom stereocenters. The van der Waals surface area contributed by atoms with Gasteiger partial charge < -0.3 is 5.11 Å². The van der Waals surface area contributed by atoms with Gasteiger partial charge in [-0.15, -0.1) is 0 Å². The molecule has 0 heterocycles. The van der Waals surface area contributed by atoms with Gasteiger partial charge in [0.25, 0.3) is 0 Å². The summed E-state index contributed by atoms with van der Waals surface area (Å²) < 4.78 is 191. The van der Waals surface area contributed by atoms with Gasteiger partial charge in [0.1, 0.15) is 0 Å². The van der Waals surface area contributed by atoms with E-state index in [0.29, 0.717) is 0 Å². The molecule has 0 spiro atoms. The van der Waals surface area contributed by atoms with Gasteiger partial charge in [-0.2, -0.15) is 65.9 Å². The second-order valence-corrected chi connectivity index (χ2v) is 4.60. The van der Waals surface area contributed by atoms with Gasteiger partial charge in [0.15, 0.2) is 0 Å². The lowest BCUT2D eigenvalue weighted by atomic mass is 9.89. The van der Waals surface area contributed by atoms with Gasteiger partial charge in [0.05, 0.1) is 0 Å². The largest absolute Gasteiger partial charge is 0.477 e. The molecule has 0 aliphatic rings. The summed E-state index contributed by atoms with van der Waals surface area (Å²) in [6.45, 7) is 0. The molecular weight excluding hydrogens is 441 g/mol. The fraction of sp³-hybridized carbons (Fsp3) is 0.778. The van der Waals surface area contributed by atoms with Crippen molar-refractivity contribution in [3.8, 4) is 0 Å². The normalized spacial score (nSPS) is 15.7. The van der Waals surface area contributed by atoms with Crippen molar-refractivity contribution < 1.29 is 80.6 Å². The van der Waals surface area contributed by atoms with Crippen LogP contribution in [0.15, 0.2) is 0 Å². The van der Waals surface area contributed by atoms with Gasteiger partial charge in [-0.1, -0.05) is 0 Å². The first-order valence-corrected chi connectivity index (χ1v) is 5.47. The fourth-order valence-corrected chi connectivity index (χ4v) is 1.24. The average molecular weight is 442 g/mol. The van der Waals surface area contributed by atoms with Crippen LogP contribution in [0.4, 0.5) is 65.9 Å². The van der Waals surface area contributed by atoms with E-state index in [1.54, 1.807) is 0 Å². The Balaban J connectivity index is 6.70. The Labute approximate surface area is 135 Å². The van der Waals surface area contributed by atoms with Gasteiger partial charge in [0, 0.05) is 0 Å². The SMILES string of the molecule is O=C(O)C(F)(F)C(F)(F)C(F)(F)C(F)(F)C(F)(F)C(F)(F)C(F)(F)C(=O)F. The Morgan fingerprint density at radius 1 is 0.481 bits per heavy atom. The van der Waals surface area contributed by atoms with Crippen molar-refractivity contribution in [2.45, 2.75) is 41.5 Å². The monoisotopic (exact) mass is 442 g/mol. The highest BCUT2D eigenvalue weighted by molar-refractivity contribution is 5.78. The molecule has 0 rings (SSSR count). The van der Waals surface area contributed by atoms with E-state index >= 15 is 0 Å². The highest BCUT2D eigenvalue weighted by atomic mass is 19.4. The first kappa shape index (κ1) is 25.1. The quantitative estimate of drug-likeness (QED) is 0.457. The molecular formula is C9HF15O3. The summed E-state index contributed by atoms with van der Waals surface area (Å²) in [6.07, 6.45) is 0. The van der Waals surface area contributed by atoms with Crippen molar-refractivity contribution in [3.05, 3.63) is 0 Å². The molecule has 27 heavy (non-hydrogen) atoms. The lowest BCUT2D eigenvalue weighted by Gasteiger charge is -2.41. The predicted octanol–water partition coefficient (Wildman–Crippen LogP) is 4.01. The first-order chi connectivity index (χ1) is 11.4. The van der Waals surface area contributed by atoms with Crippen LogP contribution in [0, 0.1) is 0 Å². The highest BCUT2D eigenvalue weighted by Crippen LogP contribution is 2.62. The van der Waals surface area contributed by atoms with Crippen molar-refractivity contribution in [1.29, 1.82) is 0 Å². The molecule has 1 N–H and O–H groups in total. The zero-order valence-electron chi connectivity index (χ0n) is 11.4. The van der Waals surface area contributed by atoms with E-state index < -0.39 is 53.5 Å². The minimum Gasteiger partial charge on any atom is -0.477 e. The van der Waals surface area contributed by atoms with Crippen LogP contribution in [0.3, 0.4) is 0 Å². The van der Waals surface area contributed by atoms with Gasteiger partial charge in [-0.05, 0) is 0 Å². The van der Waals surface area contributed by atoms with Crippen molar-refractivity contribution in [1.82, 2.24) is 0 Å². The van der Waals surface area contributed by atoms with Crippen LogP contribution in [-0.4, -0.2) is 58.6 Å². The topological polar surface area (TPSA) is 54.4 Å². The van der Waals surface area contributed by atoms with E-state index in [2.05, 4.69) is 0 Å². The maximum Gasteiger partial charge on any atom is 0.410 e. The number of hydrogen-bond acceptors (Lipinski definition) is 2. The molecule has 0 fully saturated rings. The third kappa shape index (κ3) is 2.86. The standard InChI is InChI=1S/C9HF15O3/c10-1(25)3(11,12)5(15,16)7(19,20)9(23,24)8(21,22)6(17,18)4(13,14)2(26)27/h(H,26,27). The second kappa shape index (κ2) is 6.05. The number of hydrogen-bond donors (Lipinski definition) is 1. The molecule has 0 aromatic rings. The Morgan fingerprint density at radius 2 is 0.704 bits per heavy atom. The second-order valence-electron chi connectivity index (χ2n) is 4.60. The molecule has 0 aliphatic heterocycles. The first-order valence-electron chi connectivity index (χ1n) is 5.47. The van der Waals surface area contributed by atoms with E-state index in [4.69, 9.17) is 5.11 Å². The third-order valence-corrected chi connectivity index (χ3v) is 2.88. The Hall–Kier alpha value is -1.91. The van der Waals surface area contributed by atoms with E-state index in [1.165, 1.54) is 0 Å². The molecule has 0 unspecified atom stereocenters. The van der Waals surface area contributed by atoms with Crippen LogP contribution in [0.5, 0.6) is 0 Å². The summed E-state index contributed by atoms with van der Waals surface area (Å²) in [6, 6.07) is -4.80. The smallest absolute Gasteiger partial charge is 0.410 e. The summed E-state index contributed by atoms with van der Waals surface area (Å²) >= 11 is 0. The molecule has 0 saturated carbocycles. The molecule has 0 radical (unpaired) electrons. The van der Waals surface area contributed by atoms with Crippen LogP contribution in [0.2, 0.25) is 0 Å². The average Bonchev–Trinajstić information content (AvgIpc) is 2.45. The molecule has 3 nitrogen and oxygen atoms in total. The number of carboxylic acid groups (broad SMARTS) is 1. The van der Waals surface area contributed by atoms with Gasteiger partial charge in [-0.3, -0.25) is 4.79 Å². The van der Waals surface area contributed by atoms with E-state index in [1.807, 2.05) is 0 Å².